The van der Waals surface area contributed by atoms with Gasteiger partial charge in [-0.1, -0.05) is 27.2 Å². The molecule has 2 aliphatic rings. The fraction of sp³-hybridized carbons (Fsp3) is 1.00. The molecule has 0 aromatic rings. The van der Waals surface area contributed by atoms with Crippen molar-refractivity contribution in [1.29, 1.82) is 0 Å². The van der Waals surface area contributed by atoms with E-state index in [4.69, 9.17) is 11.6 Å². The molecule has 82 valence electrons. The molecule has 0 radical (unpaired) electrons. The highest BCUT2D eigenvalue weighted by Crippen LogP contribution is 2.54. The highest BCUT2D eigenvalue weighted by molar-refractivity contribution is 6.20. The van der Waals surface area contributed by atoms with Crippen LogP contribution in [0.3, 0.4) is 0 Å². The molecule has 0 saturated heterocycles. The Morgan fingerprint density at radius 3 is 2.21 bits per heavy atom. The lowest BCUT2D eigenvalue weighted by atomic mass is 9.66. The Kier molecular flexibility index (Phi) is 2.85. The summed E-state index contributed by atoms with van der Waals surface area (Å²) in [6, 6.07) is 0. The molecule has 0 spiro atoms. The van der Waals surface area contributed by atoms with E-state index in [1.807, 2.05) is 0 Å². The minimum Gasteiger partial charge on any atom is -0.123 e. The van der Waals surface area contributed by atoms with Crippen LogP contribution in [0.15, 0.2) is 0 Å². The molecule has 0 amide bonds. The zero-order valence-corrected chi connectivity index (χ0v) is 10.5. The van der Waals surface area contributed by atoms with E-state index in [0.29, 0.717) is 10.8 Å². The van der Waals surface area contributed by atoms with E-state index >= 15 is 0 Å². The number of rotatable bonds is 2. The van der Waals surface area contributed by atoms with Gasteiger partial charge >= 0.3 is 0 Å². The lowest BCUT2D eigenvalue weighted by Gasteiger charge is -2.42. The van der Waals surface area contributed by atoms with E-state index in [1.54, 1.807) is 0 Å². The van der Waals surface area contributed by atoms with Crippen LogP contribution in [0.4, 0.5) is 0 Å². The van der Waals surface area contributed by atoms with Crippen molar-refractivity contribution in [3.63, 3.8) is 0 Å². The SMILES string of the molecule is CC1CCC(C(C)(C)C2CC2)C(Cl)C1. The predicted octanol–water partition coefficient (Wildman–Crippen LogP) is 4.47. The first-order valence-electron chi connectivity index (χ1n) is 6.16. The third-order valence-corrected chi connectivity index (χ3v) is 5.10. The Morgan fingerprint density at radius 2 is 1.71 bits per heavy atom. The quantitative estimate of drug-likeness (QED) is 0.596. The van der Waals surface area contributed by atoms with E-state index in [0.717, 1.165) is 17.8 Å². The van der Waals surface area contributed by atoms with Gasteiger partial charge in [0.05, 0.1) is 0 Å². The molecule has 2 rings (SSSR count). The Morgan fingerprint density at radius 1 is 1.07 bits per heavy atom. The molecular weight excluding hydrogens is 192 g/mol. The summed E-state index contributed by atoms with van der Waals surface area (Å²) in [6.45, 7) is 7.23. The molecule has 14 heavy (non-hydrogen) atoms. The molecule has 0 aromatic heterocycles. The molecule has 0 heterocycles. The summed E-state index contributed by atoms with van der Waals surface area (Å²) < 4.78 is 0. The third-order valence-electron chi connectivity index (χ3n) is 4.62. The van der Waals surface area contributed by atoms with Gasteiger partial charge in [0.25, 0.3) is 0 Å². The summed E-state index contributed by atoms with van der Waals surface area (Å²) in [5, 5.41) is 0.439. The largest absolute Gasteiger partial charge is 0.123 e. The van der Waals surface area contributed by atoms with Crippen molar-refractivity contribution in [1.82, 2.24) is 0 Å². The maximum Gasteiger partial charge on any atom is 0.0372 e. The van der Waals surface area contributed by atoms with Crippen molar-refractivity contribution in [3.8, 4) is 0 Å². The van der Waals surface area contributed by atoms with Crippen LogP contribution in [0.5, 0.6) is 0 Å². The molecule has 2 saturated carbocycles. The molecular formula is C13H23Cl. The second kappa shape index (κ2) is 3.70. The van der Waals surface area contributed by atoms with Gasteiger partial charge in [-0.15, -0.1) is 11.6 Å². The van der Waals surface area contributed by atoms with Gasteiger partial charge in [-0.05, 0) is 48.9 Å². The van der Waals surface area contributed by atoms with Crippen LogP contribution >= 0.6 is 11.6 Å². The Labute approximate surface area is 93.4 Å². The van der Waals surface area contributed by atoms with Crippen LogP contribution in [0, 0.1) is 23.2 Å². The average molecular weight is 215 g/mol. The molecule has 3 atom stereocenters. The van der Waals surface area contributed by atoms with Gasteiger partial charge in [0.1, 0.15) is 0 Å². The highest BCUT2D eigenvalue weighted by atomic mass is 35.5. The Balaban J connectivity index is 2.02. The minimum absolute atomic E-state index is 0.439. The number of halogens is 1. The van der Waals surface area contributed by atoms with E-state index in [2.05, 4.69) is 20.8 Å². The number of hydrogen-bond donors (Lipinski definition) is 0. The first kappa shape index (κ1) is 10.8. The van der Waals surface area contributed by atoms with Crippen LogP contribution in [-0.4, -0.2) is 5.38 Å². The van der Waals surface area contributed by atoms with Gasteiger partial charge < -0.3 is 0 Å². The fourth-order valence-electron chi connectivity index (χ4n) is 3.28. The lowest BCUT2D eigenvalue weighted by molar-refractivity contribution is 0.118. The minimum atomic E-state index is 0.439. The van der Waals surface area contributed by atoms with Crippen molar-refractivity contribution < 1.29 is 0 Å². The first-order valence-corrected chi connectivity index (χ1v) is 6.59. The van der Waals surface area contributed by atoms with E-state index in [9.17, 15) is 0 Å². The van der Waals surface area contributed by atoms with Crippen molar-refractivity contribution in [2.45, 2.75) is 58.3 Å². The van der Waals surface area contributed by atoms with Crippen LogP contribution in [-0.2, 0) is 0 Å². The van der Waals surface area contributed by atoms with Crippen LogP contribution in [0.1, 0.15) is 52.9 Å². The third kappa shape index (κ3) is 1.96. The second-order valence-corrected chi connectivity index (χ2v) is 6.70. The summed E-state index contributed by atoms with van der Waals surface area (Å²) in [7, 11) is 0. The molecule has 2 fully saturated rings. The summed E-state index contributed by atoms with van der Waals surface area (Å²) in [4.78, 5) is 0. The Hall–Kier alpha value is 0.290. The van der Waals surface area contributed by atoms with Gasteiger partial charge in [-0.2, -0.15) is 0 Å². The molecule has 3 unspecified atom stereocenters. The summed E-state index contributed by atoms with van der Waals surface area (Å²) >= 11 is 6.53. The van der Waals surface area contributed by atoms with Gasteiger partial charge in [0.2, 0.25) is 0 Å². The molecule has 0 nitrogen and oxygen atoms in total. The molecule has 0 aliphatic heterocycles. The molecule has 2 aliphatic carbocycles. The monoisotopic (exact) mass is 214 g/mol. The van der Waals surface area contributed by atoms with Crippen molar-refractivity contribution in [3.05, 3.63) is 0 Å². The molecule has 0 bridgehead atoms. The maximum atomic E-state index is 6.53. The predicted molar refractivity (Wildman–Crippen MR) is 62.7 cm³/mol. The van der Waals surface area contributed by atoms with Crippen molar-refractivity contribution in [2.75, 3.05) is 0 Å². The van der Waals surface area contributed by atoms with E-state index < -0.39 is 0 Å². The fourth-order valence-corrected chi connectivity index (χ4v) is 4.03. The summed E-state index contributed by atoms with van der Waals surface area (Å²) in [5.41, 5.74) is 0.507. The summed E-state index contributed by atoms with van der Waals surface area (Å²) in [5.74, 6) is 2.60. The van der Waals surface area contributed by atoms with Gasteiger partial charge in [-0.25, -0.2) is 0 Å². The van der Waals surface area contributed by atoms with Gasteiger partial charge in [0.15, 0.2) is 0 Å². The zero-order chi connectivity index (χ0) is 10.3. The standard InChI is InChI=1S/C13H23Cl/c1-9-4-7-11(12(14)8-9)13(2,3)10-5-6-10/h9-12H,4-8H2,1-3H3. The molecule has 1 heteroatoms. The topological polar surface area (TPSA) is 0 Å². The van der Waals surface area contributed by atoms with E-state index in [1.165, 1.54) is 32.1 Å². The summed E-state index contributed by atoms with van der Waals surface area (Å²) in [6.07, 6.45) is 6.89. The smallest absolute Gasteiger partial charge is 0.0372 e. The lowest BCUT2D eigenvalue weighted by Crippen LogP contribution is -2.37. The molecule has 0 aromatic carbocycles. The van der Waals surface area contributed by atoms with E-state index in [-0.39, 0.29) is 0 Å². The van der Waals surface area contributed by atoms with Crippen LogP contribution in [0.2, 0.25) is 0 Å². The van der Waals surface area contributed by atoms with Crippen molar-refractivity contribution >= 4 is 11.6 Å². The second-order valence-electron chi connectivity index (χ2n) is 6.14. The Bertz CT molecular complexity index is 205. The van der Waals surface area contributed by atoms with Crippen LogP contribution < -0.4 is 0 Å². The van der Waals surface area contributed by atoms with Crippen LogP contribution in [0.25, 0.3) is 0 Å². The number of alkyl halides is 1. The number of hydrogen-bond acceptors (Lipinski definition) is 0. The highest BCUT2D eigenvalue weighted by Gasteiger charge is 2.46. The molecule has 0 N–H and O–H groups in total. The maximum absolute atomic E-state index is 6.53. The first-order chi connectivity index (χ1) is 6.51. The van der Waals surface area contributed by atoms with Crippen molar-refractivity contribution in [2.24, 2.45) is 23.2 Å². The average Bonchev–Trinajstić information content (AvgIpc) is 2.84. The zero-order valence-electron chi connectivity index (χ0n) is 9.72. The van der Waals surface area contributed by atoms with Gasteiger partial charge in [0, 0.05) is 5.38 Å². The van der Waals surface area contributed by atoms with Gasteiger partial charge in [-0.3, -0.25) is 0 Å². The normalized spacial score (nSPS) is 39.9.